The van der Waals surface area contributed by atoms with Crippen molar-refractivity contribution < 1.29 is 4.92 Å². The molecule has 0 bridgehead atoms. The Kier molecular flexibility index (Phi) is 5.18. The maximum absolute atomic E-state index is 11.5. The van der Waals surface area contributed by atoms with Gasteiger partial charge in [0.25, 0.3) is 5.69 Å². The Bertz CT molecular complexity index is 1330. The monoisotopic (exact) mass is 489 g/mol. The molecule has 1 fully saturated rings. The molecule has 0 saturated heterocycles. The molecule has 32 heavy (non-hydrogen) atoms. The molecule has 1 saturated carbocycles. The third-order valence-corrected chi connectivity index (χ3v) is 7.18. The first-order valence-corrected chi connectivity index (χ1v) is 11.5. The topological polar surface area (TPSA) is 84.8 Å². The van der Waals surface area contributed by atoms with E-state index in [1.165, 1.54) is 0 Å². The number of para-hydroxylation sites is 1. The standard InChI is InChI=1S/C25H21BrN4O2/c1-2-23-28-25(16-9-10-16)22(13-27)29(23)14-15-7-8-17-12-20(24(26)19(17)11-15)18-5-3-4-6-21(18)30(31)32/h3-8,11,16H,2,9-10,12,14H2,1H3/i13+1. The normalized spacial score (nSPS) is 15.0. The number of nitro benzene ring substituents is 1. The Morgan fingerprint density at radius 3 is 2.72 bits per heavy atom. The van der Waals surface area contributed by atoms with Gasteiger partial charge in [0.1, 0.15) is 17.6 Å². The highest BCUT2D eigenvalue weighted by atomic mass is 79.9. The van der Waals surface area contributed by atoms with Crippen LogP contribution in [0.3, 0.4) is 0 Å². The lowest BCUT2D eigenvalue weighted by molar-refractivity contribution is -0.385. The predicted octanol–water partition coefficient (Wildman–Crippen LogP) is 5.97. The number of benzene rings is 2. The SMILES string of the molecule is CCc1nc(C2CC2)c([13C]#N)n1Cc1ccc2c(c1)C(Br)=C(c1ccccc1[N+](=O)[O-])C2. The van der Waals surface area contributed by atoms with Crippen LogP contribution in [0, 0.1) is 21.4 Å². The molecule has 1 aromatic heterocycles. The molecule has 2 aliphatic carbocycles. The molecule has 0 atom stereocenters. The van der Waals surface area contributed by atoms with Crippen molar-refractivity contribution in [2.24, 2.45) is 0 Å². The number of aromatic nitrogens is 2. The van der Waals surface area contributed by atoms with Gasteiger partial charge in [-0.15, -0.1) is 0 Å². The molecule has 3 aromatic rings. The highest BCUT2D eigenvalue weighted by molar-refractivity contribution is 9.15. The number of fused-ring (bicyclic) bond motifs is 1. The van der Waals surface area contributed by atoms with E-state index in [1.54, 1.807) is 18.2 Å². The fourth-order valence-electron chi connectivity index (χ4n) is 4.51. The third-order valence-electron chi connectivity index (χ3n) is 6.27. The van der Waals surface area contributed by atoms with E-state index in [1.807, 2.05) is 10.6 Å². The summed E-state index contributed by atoms with van der Waals surface area (Å²) in [5.74, 6) is 1.37. The van der Waals surface area contributed by atoms with Gasteiger partial charge in [0.15, 0.2) is 0 Å². The number of hydrogen-bond donors (Lipinski definition) is 0. The Hall–Kier alpha value is -3.24. The summed E-state index contributed by atoms with van der Waals surface area (Å²) >= 11 is 3.72. The summed E-state index contributed by atoms with van der Waals surface area (Å²) in [5.41, 5.74) is 6.58. The van der Waals surface area contributed by atoms with Crippen LogP contribution in [0.2, 0.25) is 0 Å². The van der Waals surface area contributed by atoms with Crippen LogP contribution in [0.4, 0.5) is 5.69 Å². The second-order valence-electron chi connectivity index (χ2n) is 8.32. The lowest BCUT2D eigenvalue weighted by Gasteiger charge is -2.10. The Morgan fingerprint density at radius 2 is 2.03 bits per heavy atom. The number of aryl methyl sites for hydroxylation is 1. The van der Waals surface area contributed by atoms with Crippen molar-refractivity contribution in [3.63, 3.8) is 0 Å². The first-order valence-electron chi connectivity index (χ1n) is 10.8. The maximum Gasteiger partial charge on any atom is 0.276 e. The van der Waals surface area contributed by atoms with Crippen LogP contribution < -0.4 is 0 Å². The molecule has 5 rings (SSSR count). The van der Waals surface area contributed by atoms with Crippen LogP contribution in [-0.2, 0) is 19.4 Å². The number of nitrogens with zero attached hydrogens (tertiary/aromatic N) is 4. The summed E-state index contributed by atoms with van der Waals surface area (Å²) in [4.78, 5) is 16.0. The van der Waals surface area contributed by atoms with Gasteiger partial charge in [-0.3, -0.25) is 10.1 Å². The molecule has 0 spiro atoms. The summed E-state index contributed by atoms with van der Waals surface area (Å²) in [7, 11) is 0. The van der Waals surface area contributed by atoms with Crippen LogP contribution in [0.15, 0.2) is 42.5 Å². The number of halogens is 1. The second-order valence-corrected chi connectivity index (χ2v) is 9.12. The predicted molar refractivity (Wildman–Crippen MR) is 126 cm³/mol. The third kappa shape index (κ3) is 3.45. The molecule has 0 N–H and O–H groups in total. The first kappa shape index (κ1) is 20.7. The van der Waals surface area contributed by atoms with Gasteiger partial charge in [0, 0.05) is 29.3 Å². The summed E-state index contributed by atoms with van der Waals surface area (Å²) in [5, 5.41) is 21.3. The van der Waals surface area contributed by atoms with Gasteiger partial charge in [-0.05, 0) is 63.2 Å². The number of allylic oxidation sites excluding steroid dienone is 1. The van der Waals surface area contributed by atoms with E-state index < -0.39 is 0 Å². The number of nitriles is 1. The van der Waals surface area contributed by atoms with Gasteiger partial charge in [-0.25, -0.2) is 4.98 Å². The van der Waals surface area contributed by atoms with Crippen molar-refractivity contribution in [2.75, 3.05) is 0 Å². The zero-order valence-corrected chi connectivity index (χ0v) is 19.2. The van der Waals surface area contributed by atoms with Gasteiger partial charge in [0.2, 0.25) is 0 Å². The smallest absolute Gasteiger partial charge is 0.276 e. The van der Waals surface area contributed by atoms with Crippen molar-refractivity contribution in [2.45, 2.75) is 45.1 Å². The molecule has 0 radical (unpaired) electrons. The minimum atomic E-state index is -0.330. The number of imidazole rings is 1. The number of rotatable bonds is 6. The lowest BCUT2D eigenvalue weighted by Crippen LogP contribution is -2.07. The zero-order valence-electron chi connectivity index (χ0n) is 17.6. The Labute approximate surface area is 194 Å². The van der Waals surface area contributed by atoms with Crippen LogP contribution in [0.5, 0.6) is 0 Å². The fraction of sp³-hybridized carbons (Fsp3) is 0.280. The van der Waals surface area contributed by atoms with Crippen LogP contribution in [0.1, 0.15) is 65.1 Å². The van der Waals surface area contributed by atoms with E-state index in [9.17, 15) is 15.4 Å². The van der Waals surface area contributed by atoms with Gasteiger partial charge in [0.05, 0.1) is 22.7 Å². The van der Waals surface area contributed by atoms with Gasteiger partial charge < -0.3 is 4.57 Å². The molecule has 7 heteroatoms. The highest BCUT2D eigenvalue weighted by Gasteiger charge is 2.31. The molecule has 2 aliphatic rings. The van der Waals surface area contributed by atoms with Crippen molar-refractivity contribution >= 4 is 31.7 Å². The van der Waals surface area contributed by atoms with Crippen LogP contribution in [-0.4, -0.2) is 14.5 Å². The Morgan fingerprint density at radius 1 is 1.25 bits per heavy atom. The molecule has 6 nitrogen and oxygen atoms in total. The summed E-state index contributed by atoms with van der Waals surface area (Å²) in [6, 6.07) is 15.5. The minimum Gasteiger partial charge on any atom is -0.315 e. The summed E-state index contributed by atoms with van der Waals surface area (Å²) in [6.45, 7) is 2.65. The largest absolute Gasteiger partial charge is 0.315 e. The fourth-order valence-corrected chi connectivity index (χ4v) is 5.24. The van der Waals surface area contributed by atoms with Crippen molar-refractivity contribution in [3.05, 3.63) is 92.0 Å². The van der Waals surface area contributed by atoms with Crippen LogP contribution >= 0.6 is 15.9 Å². The maximum atomic E-state index is 11.5. The molecule has 0 unspecified atom stereocenters. The van der Waals surface area contributed by atoms with Gasteiger partial charge >= 0.3 is 0 Å². The van der Waals surface area contributed by atoms with E-state index in [0.717, 1.165) is 57.5 Å². The molecule has 0 aliphatic heterocycles. The highest BCUT2D eigenvalue weighted by Crippen LogP contribution is 2.45. The first-order chi connectivity index (χ1) is 15.5. The van der Waals surface area contributed by atoms with E-state index in [4.69, 9.17) is 4.98 Å². The molecular formula is C25H21BrN4O2. The number of nitro groups is 1. The van der Waals surface area contributed by atoms with Crippen molar-refractivity contribution in [3.8, 4) is 6.07 Å². The average Bonchev–Trinajstić information content (AvgIpc) is 3.52. The summed E-state index contributed by atoms with van der Waals surface area (Å²) < 4.78 is 2.94. The van der Waals surface area contributed by atoms with E-state index in [0.29, 0.717) is 30.1 Å². The van der Waals surface area contributed by atoms with Crippen molar-refractivity contribution in [1.82, 2.24) is 9.55 Å². The lowest BCUT2D eigenvalue weighted by atomic mass is 10.0. The second kappa shape index (κ2) is 8.03. The van der Waals surface area contributed by atoms with Crippen LogP contribution in [0.25, 0.3) is 10.1 Å². The summed E-state index contributed by atoms with van der Waals surface area (Å²) in [6.07, 6.45) is 3.64. The van der Waals surface area contributed by atoms with E-state index in [2.05, 4.69) is 47.1 Å². The van der Waals surface area contributed by atoms with Crippen molar-refractivity contribution in [1.29, 1.82) is 5.26 Å². The number of hydrogen-bond acceptors (Lipinski definition) is 4. The van der Waals surface area contributed by atoms with E-state index in [-0.39, 0.29) is 10.6 Å². The van der Waals surface area contributed by atoms with Gasteiger partial charge in [-0.2, -0.15) is 5.26 Å². The minimum absolute atomic E-state index is 0.116. The molecular weight excluding hydrogens is 469 g/mol. The molecule has 2 aromatic carbocycles. The quantitative estimate of drug-likeness (QED) is 0.242. The molecule has 1 heterocycles. The Balaban J connectivity index is 1.52. The van der Waals surface area contributed by atoms with Gasteiger partial charge in [-0.1, -0.05) is 31.2 Å². The van der Waals surface area contributed by atoms with E-state index >= 15 is 0 Å². The average molecular weight is 490 g/mol. The molecule has 160 valence electrons. The molecule has 0 amide bonds. The zero-order chi connectivity index (χ0) is 22.4.